The van der Waals surface area contributed by atoms with Crippen LogP contribution in [0.2, 0.25) is 0 Å². The van der Waals surface area contributed by atoms with Crippen molar-refractivity contribution in [1.29, 1.82) is 5.26 Å². The molecule has 0 bridgehead atoms. The molecule has 1 unspecified atom stereocenters. The van der Waals surface area contributed by atoms with Gasteiger partial charge in [-0.2, -0.15) is 5.26 Å². The molecule has 0 aliphatic rings. The van der Waals surface area contributed by atoms with Gasteiger partial charge in [0.2, 0.25) is 5.91 Å². The number of nitrogens with one attached hydrogen (secondary N) is 1. The molecular weight excluding hydrogens is 364 g/mol. The number of thiazole rings is 1. The number of ether oxygens (including phenoxy) is 2. The molecule has 1 atom stereocenters. The van der Waals surface area contributed by atoms with Gasteiger partial charge in [0.25, 0.3) is 0 Å². The number of amides is 1. The average molecular weight is 382 g/mol. The first kappa shape index (κ1) is 18.8. The van der Waals surface area contributed by atoms with Crippen LogP contribution in [0.5, 0.6) is 5.75 Å². The van der Waals surface area contributed by atoms with Crippen molar-refractivity contribution in [2.45, 2.75) is 6.92 Å². The van der Waals surface area contributed by atoms with Gasteiger partial charge in [0.05, 0.1) is 34.3 Å². The van der Waals surface area contributed by atoms with Crippen LogP contribution in [0.25, 0.3) is 21.5 Å². The minimum Gasteiger partial charge on any atom is -0.490 e. The van der Waals surface area contributed by atoms with Crippen LogP contribution in [0.3, 0.4) is 0 Å². The van der Waals surface area contributed by atoms with E-state index >= 15 is 0 Å². The van der Waals surface area contributed by atoms with Gasteiger partial charge >= 0.3 is 0 Å². The number of nitrogens with zero attached hydrogens (tertiary/aromatic N) is 3. The van der Waals surface area contributed by atoms with Crippen molar-refractivity contribution in [2.24, 2.45) is 5.92 Å². The molecule has 8 heteroatoms. The fourth-order valence-electron chi connectivity index (χ4n) is 2.40. The number of anilines is 1. The predicted molar refractivity (Wildman–Crippen MR) is 104 cm³/mol. The van der Waals surface area contributed by atoms with Crippen LogP contribution < -0.4 is 10.1 Å². The monoisotopic (exact) mass is 382 g/mol. The standard InChI is InChI=1S/C19H18N4O3S/c1-12(9-20)19(24)22-13-3-4-15-14(7-13)17(26-6-5-25-2)8-16(23-15)18-10-21-11-27-18/h3-4,7-8,10-12H,5-6H2,1-2H3,(H,22,24). The van der Waals surface area contributed by atoms with Gasteiger partial charge in [0.1, 0.15) is 18.3 Å². The normalized spacial score (nSPS) is 11.7. The first-order chi connectivity index (χ1) is 13.1. The second kappa shape index (κ2) is 8.58. The summed E-state index contributed by atoms with van der Waals surface area (Å²) < 4.78 is 10.9. The number of hydrogen-bond acceptors (Lipinski definition) is 7. The van der Waals surface area contributed by atoms with Gasteiger partial charge in [0.15, 0.2) is 0 Å². The maximum absolute atomic E-state index is 12.0. The Hall–Kier alpha value is -3.02. The smallest absolute Gasteiger partial charge is 0.241 e. The van der Waals surface area contributed by atoms with Gasteiger partial charge in [-0.1, -0.05) is 0 Å². The highest BCUT2D eigenvalue weighted by Crippen LogP contribution is 2.33. The van der Waals surface area contributed by atoms with Gasteiger partial charge in [-0.05, 0) is 25.1 Å². The Balaban J connectivity index is 2.00. The maximum atomic E-state index is 12.0. The number of carbonyl (C=O) groups excluding carboxylic acids is 1. The zero-order valence-corrected chi connectivity index (χ0v) is 15.7. The topological polar surface area (TPSA) is 97.1 Å². The first-order valence-electron chi connectivity index (χ1n) is 8.28. The van der Waals surface area contributed by atoms with Crippen LogP contribution in [-0.2, 0) is 9.53 Å². The minimum atomic E-state index is -0.732. The molecule has 0 aliphatic heterocycles. The van der Waals surface area contributed by atoms with Crippen molar-refractivity contribution in [2.75, 3.05) is 25.6 Å². The molecule has 2 aromatic heterocycles. The highest BCUT2D eigenvalue weighted by Gasteiger charge is 2.14. The number of aromatic nitrogens is 2. The summed E-state index contributed by atoms with van der Waals surface area (Å²) in [6.07, 6.45) is 1.76. The highest BCUT2D eigenvalue weighted by molar-refractivity contribution is 7.13. The Kier molecular flexibility index (Phi) is 5.96. The van der Waals surface area contributed by atoms with Crippen LogP contribution in [0.15, 0.2) is 36.0 Å². The number of hydrogen-bond donors (Lipinski definition) is 1. The lowest BCUT2D eigenvalue weighted by atomic mass is 10.1. The fourth-order valence-corrected chi connectivity index (χ4v) is 2.99. The van der Waals surface area contributed by atoms with E-state index in [-0.39, 0.29) is 5.91 Å². The average Bonchev–Trinajstić information content (AvgIpc) is 3.22. The molecule has 7 nitrogen and oxygen atoms in total. The van der Waals surface area contributed by atoms with E-state index < -0.39 is 5.92 Å². The van der Waals surface area contributed by atoms with E-state index in [9.17, 15) is 4.79 Å². The van der Waals surface area contributed by atoms with E-state index in [1.165, 1.54) is 11.3 Å². The van der Waals surface area contributed by atoms with Gasteiger partial charge in [-0.15, -0.1) is 11.3 Å². The molecule has 0 aliphatic carbocycles. The zero-order chi connectivity index (χ0) is 19.2. The Morgan fingerprint density at radius 2 is 2.22 bits per heavy atom. The highest BCUT2D eigenvalue weighted by atomic mass is 32.1. The summed E-state index contributed by atoms with van der Waals surface area (Å²) in [5.41, 5.74) is 3.84. The third-order valence-electron chi connectivity index (χ3n) is 3.85. The van der Waals surface area contributed by atoms with E-state index in [4.69, 9.17) is 14.7 Å². The van der Waals surface area contributed by atoms with E-state index in [0.717, 1.165) is 21.5 Å². The van der Waals surface area contributed by atoms with Crippen molar-refractivity contribution in [3.05, 3.63) is 36.0 Å². The van der Waals surface area contributed by atoms with Crippen molar-refractivity contribution >= 4 is 33.8 Å². The van der Waals surface area contributed by atoms with Gasteiger partial charge < -0.3 is 14.8 Å². The summed E-state index contributed by atoms with van der Waals surface area (Å²) in [4.78, 5) is 21.7. The van der Waals surface area contributed by atoms with E-state index in [0.29, 0.717) is 24.7 Å². The fraction of sp³-hybridized carbons (Fsp3) is 0.263. The molecule has 1 amide bonds. The number of benzene rings is 1. The number of pyridine rings is 1. The molecule has 1 aromatic carbocycles. The van der Waals surface area contributed by atoms with E-state index in [1.807, 2.05) is 18.2 Å². The van der Waals surface area contributed by atoms with Crippen LogP contribution in [0, 0.1) is 17.2 Å². The van der Waals surface area contributed by atoms with Gasteiger partial charge in [0, 0.05) is 30.4 Å². The molecule has 3 rings (SSSR count). The summed E-state index contributed by atoms with van der Waals surface area (Å²) >= 11 is 1.50. The molecular formula is C19H18N4O3S. The molecule has 0 radical (unpaired) electrons. The first-order valence-corrected chi connectivity index (χ1v) is 9.16. The molecule has 1 N–H and O–H groups in total. The second-order valence-electron chi connectivity index (χ2n) is 5.78. The van der Waals surface area contributed by atoms with Crippen LogP contribution in [0.1, 0.15) is 6.92 Å². The molecule has 27 heavy (non-hydrogen) atoms. The number of rotatable bonds is 7. The van der Waals surface area contributed by atoms with Crippen molar-refractivity contribution in [3.63, 3.8) is 0 Å². The quantitative estimate of drug-likeness (QED) is 0.628. The maximum Gasteiger partial charge on any atom is 0.241 e. The SMILES string of the molecule is COCCOc1cc(-c2cncs2)nc2ccc(NC(=O)C(C)C#N)cc12. The molecule has 0 spiro atoms. The molecule has 0 fully saturated rings. The second-order valence-corrected chi connectivity index (χ2v) is 6.67. The van der Waals surface area contributed by atoms with Crippen LogP contribution in [-0.4, -0.2) is 36.2 Å². The lowest BCUT2D eigenvalue weighted by Crippen LogP contribution is -2.18. The van der Waals surface area contributed by atoms with Crippen LogP contribution >= 0.6 is 11.3 Å². The van der Waals surface area contributed by atoms with E-state index in [2.05, 4.69) is 15.3 Å². The third kappa shape index (κ3) is 4.39. The number of nitriles is 1. The van der Waals surface area contributed by atoms with Crippen molar-refractivity contribution in [3.8, 4) is 22.4 Å². The largest absolute Gasteiger partial charge is 0.490 e. The van der Waals surface area contributed by atoms with Crippen molar-refractivity contribution in [1.82, 2.24) is 9.97 Å². The lowest BCUT2D eigenvalue weighted by Gasteiger charge is -2.13. The molecule has 0 saturated carbocycles. The Morgan fingerprint density at radius 3 is 2.93 bits per heavy atom. The summed E-state index contributed by atoms with van der Waals surface area (Å²) in [6, 6.07) is 9.15. The number of carbonyl (C=O) groups is 1. The predicted octanol–water partition coefficient (Wildman–Crippen LogP) is 3.48. The summed E-state index contributed by atoms with van der Waals surface area (Å²) in [6.45, 7) is 2.40. The Morgan fingerprint density at radius 1 is 1.37 bits per heavy atom. The lowest BCUT2D eigenvalue weighted by molar-refractivity contribution is -0.117. The van der Waals surface area contributed by atoms with Gasteiger partial charge in [-0.3, -0.25) is 9.78 Å². The third-order valence-corrected chi connectivity index (χ3v) is 4.65. The molecule has 3 aromatic rings. The van der Waals surface area contributed by atoms with E-state index in [1.54, 1.807) is 37.9 Å². The minimum absolute atomic E-state index is 0.354. The Bertz CT molecular complexity index is 983. The van der Waals surface area contributed by atoms with Gasteiger partial charge in [-0.25, -0.2) is 4.98 Å². The molecule has 138 valence electrons. The number of fused-ring (bicyclic) bond motifs is 1. The zero-order valence-electron chi connectivity index (χ0n) is 14.9. The molecule has 0 saturated heterocycles. The molecule has 2 heterocycles. The number of methoxy groups -OCH3 is 1. The van der Waals surface area contributed by atoms with Crippen LogP contribution in [0.4, 0.5) is 5.69 Å². The summed E-state index contributed by atoms with van der Waals surface area (Å²) in [5.74, 6) is -0.442. The summed E-state index contributed by atoms with van der Waals surface area (Å²) in [5, 5.41) is 12.4. The summed E-state index contributed by atoms with van der Waals surface area (Å²) in [7, 11) is 1.61. The van der Waals surface area contributed by atoms with Crippen molar-refractivity contribution < 1.29 is 14.3 Å². The Labute approximate surface area is 160 Å².